The minimum Gasteiger partial charge on any atom is -0.502 e. The van der Waals surface area contributed by atoms with E-state index in [1.165, 1.54) is 17.8 Å². The number of phenols is 1. The summed E-state index contributed by atoms with van der Waals surface area (Å²) in [6.07, 6.45) is 0. The fourth-order valence-electron chi connectivity index (χ4n) is 2.60. The van der Waals surface area contributed by atoms with E-state index in [4.69, 9.17) is 11.6 Å². The highest BCUT2D eigenvalue weighted by molar-refractivity contribution is 7.99. The molecule has 0 aliphatic carbocycles. The molecule has 2 aromatic carbocycles. The van der Waals surface area contributed by atoms with Crippen LogP contribution in [0.15, 0.2) is 47.6 Å². The van der Waals surface area contributed by atoms with Gasteiger partial charge in [-0.2, -0.15) is 0 Å². The second kappa shape index (κ2) is 8.93. The van der Waals surface area contributed by atoms with Gasteiger partial charge < -0.3 is 15.0 Å². The number of nitrogens with one attached hydrogen (secondary N) is 1. The zero-order valence-corrected chi connectivity index (χ0v) is 16.8. The van der Waals surface area contributed by atoms with Gasteiger partial charge in [-0.05, 0) is 31.2 Å². The third-order valence-corrected chi connectivity index (χ3v) is 5.23. The average Bonchev–Trinajstić information content (AvgIpc) is 3.10. The van der Waals surface area contributed by atoms with Gasteiger partial charge in [-0.25, -0.2) is 0 Å². The third-order valence-electron chi connectivity index (χ3n) is 3.94. The second-order valence-corrected chi connectivity index (χ2v) is 7.18. The van der Waals surface area contributed by atoms with Gasteiger partial charge in [0, 0.05) is 23.9 Å². The monoisotopic (exact) mass is 433 g/mol. The minimum absolute atomic E-state index is 0.0231. The number of anilines is 1. The van der Waals surface area contributed by atoms with Crippen molar-refractivity contribution in [3.63, 3.8) is 0 Å². The Labute approximate surface area is 174 Å². The molecule has 150 valence electrons. The van der Waals surface area contributed by atoms with E-state index in [1.54, 1.807) is 6.07 Å². The van der Waals surface area contributed by atoms with Crippen molar-refractivity contribution in [3.8, 4) is 17.1 Å². The van der Waals surface area contributed by atoms with Crippen LogP contribution in [0.4, 0.5) is 11.4 Å². The van der Waals surface area contributed by atoms with Crippen molar-refractivity contribution in [1.82, 2.24) is 14.8 Å². The Morgan fingerprint density at radius 2 is 2.07 bits per heavy atom. The van der Waals surface area contributed by atoms with Crippen molar-refractivity contribution in [1.29, 1.82) is 0 Å². The Balaban J connectivity index is 1.70. The lowest BCUT2D eigenvalue weighted by molar-refractivity contribution is -0.385. The summed E-state index contributed by atoms with van der Waals surface area (Å²) in [7, 11) is 0. The van der Waals surface area contributed by atoms with Crippen LogP contribution in [-0.2, 0) is 11.3 Å². The number of phenolic OH excluding ortho intramolecular Hbond substituents is 1. The van der Waals surface area contributed by atoms with Crippen molar-refractivity contribution < 1.29 is 14.8 Å². The van der Waals surface area contributed by atoms with Crippen LogP contribution in [0, 0.1) is 10.1 Å². The van der Waals surface area contributed by atoms with Crippen LogP contribution in [0.1, 0.15) is 6.92 Å². The molecule has 0 aliphatic rings. The lowest BCUT2D eigenvalue weighted by Gasteiger charge is -2.09. The number of benzene rings is 2. The first kappa shape index (κ1) is 20.6. The summed E-state index contributed by atoms with van der Waals surface area (Å²) in [5, 5.41) is 32.4. The van der Waals surface area contributed by atoms with Crippen LogP contribution < -0.4 is 5.32 Å². The van der Waals surface area contributed by atoms with Crippen molar-refractivity contribution in [2.45, 2.75) is 18.6 Å². The fourth-order valence-corrected chi connectivity index (χ4v) is 3.62. The van der Waals surface area contributed by atoms with Gasteiger partial charge in [0.2, 0.25) is 5.91 Å². The van der Waals surface area contributed by atoms with E-state index in [2.05, 4.69) is 15.5 Å². The summed E-state index contributed by atoms with van der Waals surface area (Å²) in [4.78, 5) is 22.4. The first-order chi connectivity index (χ1) is 13.9. The van der Waals surface area contributed by atoms with Crippen LogP contribution in [0.25, 0.3) is 11.4 Å². The van der Waals surface area contributed by atoms with Gasteiger partial charge in [0.15, 0.2) is 16.7 Å². The molecule has 0 aliphatic heterocycles. The Kier molecular flexibility index (Phi) is 6.35. The summed E-state index contributed by atoms with van der Waals surface area (Å²) in [5.74, 6) is -0.212. The molecule has 0 radical (unpaired) electrons. The van der Waals surface area contributed by atoms with E-state index in [0.717, 1.165) is 17.7 Å². The zero-order valence-electron chi connectivity index (χ0n) is 15.2. The Morgan fingerprint density at radius 1 is 1.31 bits per heavy atom. The molecule has 0 spiro atoms. The molecule has 0 unspecified atom stereocenters. The highest BCUT2D eigenvalue weighted by Crippen LogP contribution is 2.30. The Hall–Kier alpha value is -3.11. The van der Waals surface area contributed by atoms with E-state index in [-0.39, 0.29) is 17.3 Å². The Morgan fingerprint density at radius 3 is 2.76 bits per heavy atom. The van der Waals surface area contributed by atoms with Crippen LogP contribution in [0.5, 0.6) is 5.75 Å². The zero-order chi connectivity index (χ0) is 21.0. The number of hydrogen-bond acceptors (Lipinski definition) is 7. The van der Waals surface area contributed by atoms with Crippen LogP contribution >= 0.6 is 23.4 Å². The van der Waals surface area contributed by atoms with E-state index in [0.29, 0.717) is 22.5 Å². The smallest absolute Gasteiger partial charge is 0.312 e. The molecule has 3 aromatic rings. The van der Waals surface area contributed by atoms with Crippen LogP contribution in [-0.4, -0.2) is 36.5 Å². The predicted octanol–water partition coefficient (Wildman–Crippen LogP) is 3.96. The lowest BCUT2D eigenvalue weighted by Crippen LogP contribution is -2.14. The molecule has 0 saturated carbocycles. The number of aromatic nitrogens is 3. The van der Waals surface area contributed by atoms with Crippen molar-refractivity contribution in [2.75, 3.05) is 11.1 Å². The molecule has 11 heteroatoms. The summed E-state index contributed by atoms with van der Waals surface area (Å²) < 4.78 is 1.85. The molecule has 0 bridgehead atoms. The molecule has 0 fully saturated rings. The molecule has 1 amide bonds. The standard InChI is InChI=1S/C18H16ClN5O4S/c1-2-23-17(12-5-3-4-6-13(12)19)21-22-18(23)29-10-16(26)20-11-7-8-15(25)14(9-11)24(27)28/h3-9,25H,2,10H2,1H3,(H,20,26). The SMILES string of the molecule is CCn1c(SCC(=O)Nc2ccc(O)c([N+](=O)[O-])c2)nnc1-c1ccccc1Cl. The van der Waals surface area contributed by atoms with Gasteiger partial charge in [0.25, 0.3) is 0 Å². The molecule has 29 heavy (non-hydrogen) atoms. The van der Waals surface area contributed by atoms with Gasteiger partial charge in [-0.1, -0.05) is 35.5 Å². The first-order valence-electron chi connectivity index (χ1n) is 8.48. The lowest BCUT2D eigenvalue weighted by atomic mass is 10.2. The number of nitro benzene ring substituents is 1. The molecule has 2 N–H and O–H groups in total. The van der Waals surface area contributed by atoms with E-state index in [1.807, 2.05) is 29.7 Å². The summed E-state index contributed by atoms with van der Waals surface area (Å²) >= 11 is 7.43. The van der Waals surface area contributed by atoms with E-state index < -0.39 is 16.4 Å². The highest BCUT2D eigenvalue weighted by atomic mass is 35.5. The Bertz CT molecular complexity index is 1070. The second-order valence-electron chi connectivity index (χ2n) is 5.83. The van der Waals surface area contributed by atoms with Gasteiger partial charge in [-0.3, -0.25) is 14.9 Å². The van der Waals surface area contributed by atoms with Gasteiger partial charge in [0.1, 0.15) is 0 Å². The molecule has 1 heterocycles. The van der Waals surface area contributed by atoms with Gasteiger partial charge in [-0.15, -0.1) is 10.2 Å². The summed E-state index contributed by atoms with van der Waals surface area (Å²) in [6, 6.07) is 10.9. The van der Waals surface area contributed by atoms with Crippen LogP contribution in [0.2, 0.25) is 5.02 Å². The topological polar surface area (TPSA) is 123 Å². The highest BCUT2D eigenvalue weighted by Gasteiger charge is 2.18. The normalized spacial score (nSPS) is 10.7. The fraction of sp³-hybridized carbons (Fsp3) is 0.167. The largest absolute Gasteiger partial charge is 0.502 e. The molecular weight excluding hydrogens is 418 g/mol. The number of halogens is 1. The van der Waals surface area contributed by atoms with E-state index >= 15 is 0 Å². The van der Waals surface area contributed by atoms with Gasteiger partial charge in [0.05, 0.1) is 15.7 Å². The number of rotatable bonds is 7. The molecule has 1 aromatic heterocycles. The molecule has 3 rings (SSSR count). The molecule has 0 atom stereocenters. The maximum Gasteiger partial charge on any atom is 0.312 e. The summed E-state index contributed by atoms with van der Waals surface area (Å²) in [5.41, 5.74) is 0.482. The molecular formula is C18H16ClN5O4S. The van der Waals surface area contributed by atoms with Crippen molar-refractivity contribution in [3.05, 3.63) is 57.6 Å². The maximum absolute atomic E-state index is 12.2. The molecule has 9 nitrogen and oxygen atoms in total. The number of carbonyl (C=O) groups excluding carboxylic acids is 1. The first-order valence-corrected chi connectivity index (χ1v) is 9.85. The number of thioether (sulfide) groups is 1. The average molecular weight is 434 g/mol. The number of carbonyl (C=O) groups is 1. The number of aromatic hydroxyl groups is 1. The van der Waals surface area contributed by atoms with Crippen molar-refractivity contribution >= 4 is 40.6 Å². The quantitative estimate of drug-likeness (QED) is 0.250. The summed E-state index contributed by atoms with van der Waals surface area (Å²) in [6.45, 7) is 2.52. The maximum atomic E-state index is 12.2. The predicted molar refractivity (Wildman–Crippen MR) is 110 cm³/mol. The number of hydrogen-bond donors (Lipinski definition) is 2. The van der Waals surface area contributed by atoms with E-state index in [9.17, 15) is 20.0 Å². The minimum atomic E-state index is -0.723. The number of nitro groups is 1. The molecule has 0 saturated heterocycles. The number of amides is 1. The third kappa shape index (κ3) is 4.66. The van der Waals surface area contributed by atoms with Gasteiger partial charge >= 0.3 is 5.69 Å². The van der Waals surface area contributed by atoms with Crippen molar-refractivity contribution in [2.24, 2.45) is 0 Å². The van der Waals surface area contributed by atoms with Crippen LogP contribution in [0.3, 0.4) is 0 Å². The number of nitrogens with zero attached hydrogens (tertiary/aromatic N) is 4.